The fraction of sp³-hybridized carbons (Fsp3) is 0.714. The van der Waals surface area contributed by atoms with E-state index in [1.54, 1.807) is 6.92 Å². The van der Waals surface area contributed by atoms with Crippen LogP contribution in [-0.2, 0) is 9.59 Å². The Hall–Kier alpha value is -1.06. The molecule has 1 atom stereocenters. The van der Waals surface area contributed by atoms with Gasteiger partial charge in [-0.25, -0.2) is 0 Å². The molecule has 1 unspecified atom stereocenters. The molecule has 64 valence electrons. The zero-order valence-electron chi connectivity index (χ0n) is 6.59. The quantitative estimate of drug-likeness (QED) is 0.607. The second-order valence-corrected chi connectivity index (χ2v) is 2.77. The largest absolute Gasteiger partial charge is 0.550 e. The van der Waals surface area contributed by atoms with Crippen LogP contribution in [0.4, 0.5) is 0 Å². The van der Waals surface area contributed by atoms with E-state index in [4.69, 9.17) is 5.11 Å². The molecule has 0 heterocycles. The number of carbonyl (C=O) groups excluding carboxylic acids is 1. The second kappa shape index (κ2) is 3.37. The lowest BCUT2D eigenvalue weighted by Gasteiger charge is -2.26. The van der Waals surface area contributed by atoms with Gasteiger partial charge in [0.25, 0.3) is 0 Å². The molecule has 0 amide bonds. The molecular formula is C7H11O4-. The first kappa shape index (κ1) is 9.94. The van der Waals surface area contributed by atoms with Crippen LogP contribution >= 0.6 is 0 Å². The molecule has 0 aromatic heterocycles. The summed E-state index contributed by atoms with van der Waals surface area (Å²) in [5, 5.41) is 18.8. The van der Waals surface area contributed by atoms with Crippen molar-refractivity contribution >= 4 is 11.9 Å². The van der Waals surface area contributed by atoms with Crippen molar-refractivity contribution in [1.82, 2.24) is 0 Å². The molecule has 0 aliphatic rings. The van der Waals surface area contributed by atoms with Gasteiger partial charge in [0.05, 0.1) is 6.42 Å². The van der Waals surface area contributed by atoms with Gasteiger partial charge < -0.3 is 15.0 Å². The molecule has 0 bridgehead atoms. The van der Waals surface area contributed by atoms with Crippen molar-refractivity contribution in [3.8, 4) is 0 Å². The van der Waals surface area contributed by atoms with Crippen LogP contribution in [-0.4, -0.2) is 17.0 Å². The molecular weight excluding hydrogens is 148 g/mol. The van der Waals surface area contributed by atoms with Gasteiger partial charge in [0.2, 0.25) is 0 Å². The van der Waals surface area contributed by atoms with E-state index in [0.717, 1.165) is 0 Å². The third-order valence-corrected chi connectivity index (χ3v) is 1.81. The monoisotopic (exact) mass is 159 g/mol. The molecule has 11 heavy (non-hydrogen) atoms. The third kappa shape index (κ3) is 2.57. The molecule has 0 aliphatic heterocycles. The standard InChI is InChI=1S/C7H12O4/c1-3-7(2,6(10)11)4-5(8)9/h3-4H2,1-2H3,(H,8,9)(H,10,11)/p-1. The van der Waals surface area contributed by atoms with Crippen molar-refractivity contribution in [2.45, 2.75) is 26.7 Å². The van der Waals surface area contributed by atoms with Crippen molar-refractivity contribution < 1.29 is 19.8 Å². The average Bonchev–Trinajstić information content (AvgIpc) is 1.86. The lowest BCUT2D eigenvalue weighted by atomic mass is 9.84. The fourth-order valence-electron chi connectivity index (χ4n) is 0.675. The van der Waals surface area contributed by atoms with E-state index in [9.17, 15) is 14.7 Å². The van der Waals surface area contributed by atoms with Gasteiger partial charge in [-0.1, -0.05) is 13.8 Å². The summed E-state index contributed by atoms with van der Waals surface area (Å²) in [7, 11) is 0. The minimum absolute atomic E-state index is 0.266. The Kier molecular flexibility index (Phi) is 3.04. The van der Waals surface area contributed by atoms with Crippen molar-refractivity contribution in [1.29, 1.82) is 0 Å². The first-order valence-corrected chi connectivity index (χ1v) is 3.35. The number of hydrogen-bond donors (Lipinski definition) is 1. The van der Waals surface area contributed by atoms with Crippen LogP contribution in [0.1, 0.15) is 26.7 Å². The van der Waals surface area contributed by atoms with Gasteiger partial charge in [-0.2, -0.15) is 0 Å². The van der Waals surface area contributed by atoms with E-state index in [1.807, 2.05) is 0 Å². The molecule has 0 spiro atoms. The fourth-order valence-corrected chi connectivity index (χ4v) is 0.675. The number of rotatable bonds is 4. The van der Waals surface area contributed by atoms with Crippen LogP contribution < -0.4 is 5.11 Å². The van der Waals surface area contributed by atoms with Crippen molar-refractivity contribution in [2.24, 2.45) is 5.41 Å². The van der Waals surface area contributed by atoms with Gasteiger partial charge in [0, 0.05) is 11.4 Å². The normalized spacial score (nSPS) is 15.5. The van der Waals surface area contributed by atoms with Gasteiger partial charge in [-0.3, -0.25) is 4.79 Å². The Bertz CT molecular complexity index is 175. The minimum atomic E-state index is -1.30. The summed E-state index contributed by atoms with van der Waals surface area (Å²) in [6, 6.07) is 0. The van der Waals surface area contributed by atoms with Crippen LogP contribution in [0.3, 0.4) is 0 Å². The first-order valence-electron chi connectivity index (χ1n) is 3.35. The summed E-state index contributed by atoms with van der Waals surface area (Å²) in [6.07, 6.45) is -0.118. The van der Waals surface area contributed by atoms with Crippen molar-refractivity contribution in [2.75, 3.05) is 0 Å². The maximum Gasteiger partial charge on any atom is 0.304 e. The van der Waals surface area contributed by atoms with E-state index >= 15 is 0 Å². The van der Waals surface area contributed by atoms with E-state index in [1.165, 1.54) is 6.92 Å². The molecule has 4 heteroatoms. The summed E-state index contributed by atoms with van der Waals surface area (Å²) in [5.41, 5.74) is -1.23. The van der Waals surface area contributed by atoms with Crippen LogP contribution in [0.2, 0.25) is 0 Å². The Morgan fingerprint density at radius 1 is 1.55 bits per heavy atom. The lowest BCUT2D eigenvalue weighted by molar-refractivity contribution is -0.319. The van der Waals surface area contributed by atoms with Crippen LogP contribution in [0.15, 0.2) is 0 Å². The summed E-state index contributed by atoms with van der Waals surface area (Å²) in [5.74, 6) is -2.42. The predicted octanol–water partition coefficient (Wildman–Crippen LogP) is -0.373. The SMILES string of the molecule is CCC(C)(CC(=O)O)C(=O)[O-]. The average molecular weight is 159 g/mol. The molecule has 0 radical (unpaired) electrons. The lowest BCUT2D eigenvalue weighted by Crippen LogP contribution is -2.41. The van der Waals surface area contributed by atoms with Crippen molar-refractivity contribution in [3.63, 3.8) is 0 Å². The van der Waals surface area contributed by atoms with Crippen molar-refractivity contribution in [3.05, 3.63) is 0 Å². The highest BCUT2D eigenvalue weighted by atomic mass is 16.4. The molecule has 0 fully saturated rings. The zero-order valence-corrected chi connectivity index (χ0v) is 6.59. The summed E-state index contributed by atoms with van der Waals surface area (Å²) >= 11 is 0. The van der Waals surface area contributed by atoms with Gasteiger partial charge in [0.15, 0.2) is 0 Å². The number of carboxylic acids is 2. The predicted molar refractivity (Wildman–Crippen MR) is 35.7 cm³/mol. The van der Waals surface area contributed by atoms with E-state index < -0.39 is 17.4 Å². The van der Waals surface area contributed by atoms with E-state index in [0.29, 0.717) is 0 Å². The highest BCUT2D eigenvalue weighted by Crippen LogP contribution is 2.24. The Labute approximate surface area is 64.8 Å². The molecule has 0 rings (SSSR count). The van der Waals surface area contributed by atoms with Gasteiger partial charge in [0.1, 0.15) is 0 Å². The number of carbonyl (C=O) groups is 2. The highest BCUT2D eigenvalue weighted by molar-refractivity contribution is 5.79. The smallest absolute Gasteiger partial charge is 0.304 e. The first-order chi connectivity index (χ1) is 4.92. The molecule has 0 saturated heterocycles. The van der Waals surface area contributed by atoms with E-state index in [-0.39, 0.29) is 12.8 Å². The van der Waals surface area contributed by atoms with Gasteiger partial charge in [-0.15, -0.1) is 0 Å². The molecule has 0 aromatic rings. The van der Waals surface area contributed by atoms with Crippen LogP contribution in [0, 0.1) is 5.41 Å². The maximum absolute atomic E-state index is 10.4. The number of hydrogen-bond acceptors (Lipinski definition) is 3. The second-order valence-electron chi connectivity index (χ2n) is 2.77. The molecule has 0 saturated carbocycles. The Morgan fingerprint density at radius 2 is 2.00 bits per heavy atom. The molecule has 0 aromatic carbocycles. The molecule has 1 N–H and O–H groups in total. The Morgan fingerprint density at radius 3 is 2.09 bits per heavy atom. The number of carboxylic acid groups (broad SMARTS) is 2. The topological polar surface area (TPSA) is 77.4 Å². The summed E-state index contributed by atoms with van der Waals surface area (Å²) in [4.78, 5) is 20.6. The van der Waals surface area contributed by atoms with Gasteiger partial charge >= 0.3 is 5.97 Å². The third-order valence-electron chi connectivity index (χ3n) is 1.81. The summed E-state index contributed by atoms with van der Waals surface area (Å²) in [6.45, 7) is 3.00. The zero-order chi connectivity index (χ0) is 9.07. The number of aliphatic carboxylic acids is 2. The highest BCUT2D eigenvalue weighted by Gasteiger charge is 2.26. The summed E-state index contributed by atoms with van der Waals surface area (Å²) < 4.78 is 0. The maximum atomic E-state index is 10.4. The minimum Gasteiger partial charge on any atom is -0.550 e. The van der Waals surface area contributed by atoms with Gasteiger partial charge in [-0.05, 0) is 6.42 Å². The van der Waals surface area contributed by atoms with Crippen LogP contribution in [0.5, 0.6) is 0 Å². The van der Waals surface area contributed by atoms with E-state index in [2.05, 4.69) is 0 Å². The molecule has 4 nitrogen and oxygen atoms in total. The molecule has 0 aliphatic carbocycles. The Balaban J connectivity index is 4.34. The van der Waals surface area contributed by atoms with Crippen LogP contribution in [0.25, 0.3) is 0 Å².